The third-order valence-corrected chi connectivity index (χ3v) is 4.01. The first-order valence-corrected chi connectivity index (χ1v) is 7.69. The van der Waals surface area contributed by atoms with Crippen LogP contribution in [0.5, 0.6) is 0 Å². The van der Waals surface area contributed by atoms with Gasteiger partial charge in [0.15, 0.2) is 0 Å². The first kappa shape index (κ1) is 16.4. The van der Waals surface area contributed by atoms with E-state index in [2.05, 4.69) is 17.6 Å². The van der Waals surface area contributed by atoms with E-state index in [9.17, 15) is 4.79 Å². The van der Waals surface area contributed by atoms with Gasteiger partial charge in [0.1, 0.15) is 0 Å². The molecular weight excluding hydrogens is 240 g/mol. The maximum Gasteiger partial charge on any atom is 0.234 e. The van der Waals surface area contributed by atoms with E-state index in [4.69, 9.17) is 4.74 Å². The summed E-state index contributed by atoms with van der Waals surface area (Å²) in [5.74, 6) is 0.821. The summed E-state index contributed by atoms with van der Waals surface area (Å²) in [5.41, 5.74) is 0. The van der Waals surface area contributed by atoms with Gasteiger partial charge < -0.3 is 15.4 Å². The zero-order valence-corrected chi connectivity index (χ0v) is 12.7. The molecule has 0 heterocycles. The third-order valence-electron chi connectivity index (χ3n) is 4.01. The summed E-state index contributed by atoms with van der Waals surface area (Å²) in [7, 11) is 1.65. The number of hydrogen-bond donors (Lipinski definition) is 2. The highest BCUT2D eigenvalue weighted by atomic mass is 16.5. The number of methoxy groups -OCH3 is 1. The van der Waals surface area contributed by atoms with Crippen LogP contribution >= 0.6 is 0 Å². The van der Waals surface area contributed by atoms with Gasteiger partial charge in [-0.3, -0.25) is 4.79 Å². The molecule has 112 valence electrons. The van der Waals surface area contributed by atoms with Crippen molar-refractivity contribution < 1.29 is 9.53 Å². The smallest absolute Gasteiger partial charge is 0.234 e. The first-order chi connectivity index (χ1) is 9.17. The van der Waals surface area contributed by atoms with E-state index in [-0.39, 0.29) is 11.9 Å². The van der Waals surface area contributed by atoms with Crippen LogP contribution in [-0.4, -0.2) is 38.3 Å². The molecule has 1 saturated carbocycles. The fraction of sp³-hybridized carbons (Fsp3) is 0.933. The molecule has 4 nitrogen and oxygen atoms in total. The van der Waals surface area contributed by atoms with Gasteiger partial charge in [0.25, 0.3) is 0 Å². The lowest BCUT2D eigenvalue weighted by Gasteiger charge is -2.30. The van der Waals surface area contributed by atoms with Crippen LogP contribution in [0.25, 0.3) is 0 Å². The number of amides is 1. The van der Waals surface area contributed by atoms with Crippen molar-refractivity contribution in [3.8, 4) is 0 Å². The zero-order valence-electron chi connectivity index (χ0n) is 12.7. The Morgan fingerprint density at radius 2 is 2.00 bits per heavy atom. The molecule has 1 aliphatic rings. The predicted octanol–water partition coefficient (Wildman–Crippen LogP) is 2.09. The van der Waals surface area contributed by atoms with Gasteiger partial charge in [0, 0.05) is 19.2 Å². The van der Waals surface area contributed by atoms with E-state index in [0.717, 1.165) is 12.3 Å². The second-order valence-electron chi connectivity index (χ2n) is 5.72. The highest BCUT2D eigenvalue weighted by Gasteiger charge is 2.22. The molecule has 1 rings (SSSR count). The molecule has 0 aliphatic heterocycles. The molecule has 0 bridgehead atoms. The topological polar surface area (TPSA) is 50.4 Å². The van der Waals surface area contributed by atoms with E-state index in [1.807, 2.05) is 6.92 Å². The molecule has 2 unspecified atom stereocenters. The quantitative estimate of drug-likeness (QED) is 0.710. The lowest BCUT2D eigenvalue weighted by Crippen LogP contribution is -2.45. The Morgan fingerprint density at radius 1 is 1.32 bits per heavy atom. The van der Waals surface area contributed by atoms with Crippen LogP contribution in [0.3, 0.4) is 0 Å². The molecule has 2 N–H and O–H groups in total. The summed E-state index contributed by atoms with van der Waals surface area (Å²) in [6, 6.07) is 0.567. The van der Waals surface area contributed by atoms with Crippen LogP contribution in [-0.2, 0) is 9.53 Å². The van der Waals surface area contributed by atoms with Gasteiger partial charge in [0.2, 0.25) is 5.91 Å². The molecule has 0 aromatic carbocycles. The lowest BCUT2D eigenvalue weighted by atomic mass is 9.83. The maximum absolute atomic E-state index is 11.8. The minimum absolute atomic E-state index is 0.0683. The Balaban J connectivity index is 2.25. The van der Waals surface area contributed by atoms with Crippen LogP contribution in [0, 0.1) is 5.92 Å². The number of carbonyl (C=O) groups is 1. The molecule has 0 aromatic heterocycles. The average Bonchev–Trinajstić information content (AvgIpc) is 2.41. The Bertz CT molecular complexity index is 253. The Morgan fingerprint density at radius 3 is 2.58 bits per heavy atom. The summed E-state index contributed by atoms with van der Waals surface area (Å²) in [6.07, 6.45) is 7.80. The van der Waals surface area contributed by atoms with Crippen LogP contribution in [0.2, 0.25) is 0 Å². The van der Waals surface area contributed by atoms with Crippen LogP contribution in [0.4, 0.5) is 0 Å². The minimum atomic E-state index is 0.0683. The van der Waals surface area contributed by atoms with E-state index < -0.39 is 0 Å². The Kier molecular flexibility index (Phi) is 8.07. The molecule has 1 amide bonds. The van der Waals surface area contributed by atoms with Gasteiger partial charge >= 0.3 is 0 Å². The van der Waals surface area contributed by atoms with Crippen molar-refractivity contribution in [1.82, 2.24) is 10.6 Å². The minimum Gasteiger partial charge on any atom is -0.383 e. The zero-order chi connectivity index (χ0) is 14.1. The van der Waals surface area contributed by atoms with E-state index in [0.29, 0.717) is 19.2 Å². The Hall–Kier alpha value is -0.610. The SMILES string of the molecule is CCC(NCC(=O)NC(C)COC)C1CCCCC1. The predicted molar refractivity (Wildman–Crippen MR) is 78.1 cm³/mol. The molecule has 0 radical (unpaired) electrons. The summed E-state index contributed by atoms with van der Waals surface area (Å²) in [4.78, 5) is 11.8. The Labute approximate surface area is 117 Å². The van der Waals surface area contributed by atoms with Crippen molar-refractivity contribution >= 4 is 5.91 Å². The van der Waals surface area contributed by atoms with Gasteiger partial charge in [-0.2, -0.15) is 0 Å². The summed E-state index contributed by atoms with van der Waals surface area (Å²) < 4.78 is 5.01. The molecule has 0 aromatic rings. The van der Waals surface area contributed by atoms with Gasteiger partial charge in [-0.15, -0.1) is 0 Å². The van der Waals surface area contributed by atoms with Gasteiger partial charge in [-0.25, -0.2) is 0 Å². The molecule has 1 fully saturated rings. The van der Waals surface area contributed by atoms with Crippen LogP contribution < -0.4 is 10.6 Å². The van der Waals surface area contributed by atoms with E-state index >= 15 is 0 Å². The van der Waals surface area contributed by atoms with Crippen molar-refractivity contribution in [2.24, 2.45) is 5.92 Å². The van der Waals surface area contributed by atoms with Gasteiger partial charge in [0.05, 0.1) is 13.2 Å². The van der Waals surface area contributed by atoms with Crippen molar-refractivity contribution in [2.75, 3.05) is 20.3 Å². The largest absolute Gasteiger partial charge is 0.383 e. The fourth-order valence-corrected chi connectivity index (χ4v) is 3.02. The molecular formula is C15H30N2O2. The van der Waals surface area contributed by atoms with Gasteiger partial charge in [-0.1, -0.05) is 26.2 Å². The summed E-state index contributed by atoms with van der Waals surface area (Å²) >= 11 is 0. The summed E-state index contributed by atoms with van der Waals surface area (Å²) in [6.45, 7) is 5.15. The monoisotopic (exact) mass is 270 g/mol. The number of carbonyl (C=O) groups excluding carboxylic acids is 1. The van der Waals surface area contributed by atoms with Crippen molar-refractivity contribution in [3.63, 3.8) is 0 Å². The fourth-order valence-electron chi connectivity index (χ4n) is 3.02. The lowest BCUT2D eigenvalue weighted by molar-refractivity contribution is -0.121. The average molecular weight is 270 g/mol. The third kappa shape index (κ3) is 6.39. The maximum atomic E-state index is 11.8. The van der Waals surface area contributed by atoms with Crippen molar-refractivity contribution in [1.29, 1.82) is 0 Å². The molecule has 1 aliphatic carbocycles. The van der Waals surface area contributed by atoms with Crippen LogP contribution in [0.1, 0.15) is 52.4 Å². The standard InChI is InChI=1S/C15H30N2O2/c1-4-14(13-8-6-5-7-9-13)16-10-15(18)17-12(2)11-19-3/h12-14,16H,4-11H2,1-3H3,(H,17,18). The number of nitrogens with one attached hydrogen (secondary N) is 2. The number of ether oxygens (including phenoxy) is 1. The second kappa shape index (κ2) is 9.32. The highest BCUT2D eigenvalue weighted by Crippen LogP contribution is 2.27. The molecule has 0 spiro atoms. The van der Waals surface area contributed by atoms with Crippen LogP contribution in [0.15, 0.2) is 0 Å². The molecule has 4 heteroatoms. The van der Waals surface area contributed by atoms with Crippen molar-refractivity contribution in [2.45, 2.75) is 64.5 Å². The molecule has 2 atom stereocenters. The van der Waals surface area contributed by atoms with E-state index in [1.165, 1.54) is 32.1 Å². The van der Waals surface area contributed by atoms with Gasteiger partial charge in [-0.05, 0) is 32.1 Å². The molecule has 0 saturated heterocycles. The van der Waals surface area contributed by atoms with Crippen molar-refractivity contribution in [3.05, 3.63) is 0 Å². The summed E-state index contributed by atoms with van der Waals surface area (Å²) in [5, 5.41) is 6.37. The number of hydrogen-bond acceptors (Lipinski definition) is 3. The number of rotatable bonds is 8. The molecule has 19 heavy (non-hydrogen) atoms. The first-order valence-electron chi connectivity index (χ1n) is 7.69. The second-order valence-corrected chi connectivity index (χ2v) is 5.72. The normalized spacial score (nSPS) is 19.9. The highest BCUT2D eigenvalue weighted by molar-refractivity contribution is 5.78. The van der Waals surface area contributed by atoms with E-state index in [1.54, 1.807) is 7.11 Å².